The molecule has 3 heteroatoms. The molecule has 0 aromatic rings. The molecule has 6 heavy (non-hydrogen) atoms. The van der Waals surface area contributed by atoms with Crippen LogP contribution in [0.15, 0.2) is 0 Å². The second-order valence-corrected chi connectivity index (χ2v) is 2.10. The minimum absolute atomic E-state index is 0.128. The maximum absolute atomic E-state index is 11.7. The monoisotopic (exact) mass is 222 g/mol. The van der Waals surface area contributed by atoms with E-state index < -0.39 is 6.17 Å². The van der Waals surface area contributed by atoms with E-state index in [-0.39, 0.29) is 5.88 Å². The highest BCUT2D eigenvalue weighted by Crippen LogP contribution is 1.97. The number of alkyl halides is 3. The van der Waals surface area contributed by atoms with Crippen molar-refractivity contribution < 1.29 is 4.39 Å². The Morgan fingerprint density at radius 3 is 2.33 bits per heavy atom. The predicted molar refractivity (Wildman–Crippen MR) is 34.5 cm³/mol. The second-order valence-electron chi connectivity index (χ2n) is 0.906. The molecule has 0 aromatic heterocycles. The van der Waals surface area contributed by atoms with E-state index >= 15 is 0 Å². The molecule has 0 nitrogen and oxygen atoms in total. The van der Waals surface area contributed by atoms with Gasteiger partial charge in [0.2, 0.25) is 0 Å². The lowest BCUT2D eigenvalue weighted by Crippen LogP contribution is -2.00. The average molecular weight is 222 g/mol. The molecule has 38 valence electrons. The van der Waals surface area contributed by atoms with Gasteiger partial charge in [0, 0.05) is 4.43 Å². The minimum Gasteiger partial charge on any atom is -0.245 e. The van der Waals surface area contributed by atoms with Crippen LogP contribution >= 0.6 is 34.2 Å². The van der Waals surface area contributed by atoms with Crippen LogP contribution in [0, 0.1) is 0 Å². The van der Waals surface area contributed by atoms with Crippen molar-refractivity contribution in [2.45, 2.75) is 6.17 Å². The van der Waals surface area contributed by atoms with Crippen molar-refractivity contribution in [3.8, 4) is 0 Å². The number of hydrogen-bond donors (Lipinski definition) is 0. The topological polar surface area (TPSA) is 0 Å². The first-order valence-electron chi connectivity index (χ1n) is 1.57. The standard InChI is InChI=1S/C3H5ClFI/c4-1-3(5)2-6/h3H,1-2H2. The van der Waals surface area contributed by atoms with Gasteiger partial charge >= 0.3 is 0 Å². The van der Waals surface area contributed by atoms with Gasteiger partial charge in [0.1, 0.15) is 6.17 Å². The van der Waals surface area contributed by atoms with Gasteiger partial charge in [0.15, 0.2) is 0 Å². The van der Waals surface area contributed by atoms with Crippen LogP contribution in [0.1, 0.15) is 0 Å². The summed E-state index contributed by atoms with van der Waals surface area (Å²) in [6.07, 6.45) is -0.813. The van der Waals surface area contributed by atoms with Crippen LogP contribution in [0.5, 0.6) is 0 Å². The van der Waals surface area contributed by atoms with Crippen molar-refractivity contribution in [3.05, 3.63) is 0 Å². The van der Waals surface area contributed by atoms with Crippen molar-refractivity contribution in [2.75, 3.05) is 10.3 Å². The molecule has 0 rings (SSSR count). The quantitative estimate of drug-likeness (QED) is 0.495. The molecule has 0 bridgehead atoms. The fourth-order valence-electron chi connectivity index (χ4n) is 0.0412. The third-order valence-electron chi connectivity index (χ3n) is 0.335. The van der Waals surface area contributed by atoms with Crippen molar-refractivity contribution in [2.24, 2.45) is 0 Å². The Kier molecular flexibility index (Phi) is 4.77. The molecule has 0 amide bonds. The van der Waals surface area contributed by atoms with Crippen LogP contribution in [-0.2, 0) is 0 Å². The Hall–Kier alpha value is 0.950. The van der Waals surface area contributed by atoms with E-state index in [1.165, 1.54) is 0 Å². The molecule has 0 N–H and O–H groups in total. The lowest BCUT2D eigenvalue weighted by molar-refractivity contribution is 0.406. The van der Waals surface area contributed by atoms with Crippen molar-refractivity contribution in [1.82, 2.24) is 0 Å². The fraction of sp³-hybridized carbons (Fsp3) is 1.00. The summed E-state index contributed by atoms with van der Waals surface area (Å²) in [5.74, 6) is 0.128. The summed E-state index contributed by atoms with van der Waals surface area (Å²) in [5.41, 5.74) is 0. The summed E-state index contributed by atoms with van der Waals surface area (Å²) in [6.45, 7) is 0. The molecule has 1 unspecified atom stereocenters. The van der Waals surface area contributed by atoms with Crippen molar-refractivity contribution in [1.29, 1.82) is 0 Å². The van der Waals surface area contributed by atoms with E-state index in [2.05, 4.69) is 0 Å². The van der Waals surface area contributed by atoms with E-state index in [4.69, 9.17) is 11.6 Å². The molecule has 0 fully saturated rings. The zero-order valence-corrected chi connectivity index (χ0v) is 6.04. The molecule has 1 atom stereocenters. The van der Waals surface area contributed by atoms with Gasteiger partial charge in [0.25, 0.3) is 0 Å². The highest BCUT2D eigenvalue weighted by molar-refractivity contribution is 14.1. The maximum Gasteiger partial charge on any atom is 0.122 e. The number of rotatable bonds is 2. The summed E-state index contributed by atoms with van der Waals surface area (Å²) in [7, 11) is 0. The summed E-state index contributed by atoms with van der Waals surface area (Å²) in [6, 6.07) is 0. The molecule has 0 saturated carbocycles. The second kappa shape index (κ2) is 4.12. The zero-order chi connectivity index (χ0) is 4.99. The average Bonchev–Trinajstić information content (AvgIpc) is 1.65. The molecule has 0 spiro atoms. The predicted octanol–water partition coefficient (Wildman–Crippen LogP) is 2.00. The maximum atomic E-state index is 11.7. The normalized spacial score (nSPS) is 14.5. The van der Waals surface area contributed by atoms with Crippen LogP contribution in [0.4, 0.5) is 4.39 Å². The van der Waals surface area contributed by atoms with Crippen molar-refractivity contribution in [3.63, 3.8) is 0 Å². The van der Waals surface area contributed by atoms with Crippen LogP contribution in [0.2, 0.25) is 0 Å². The molecule has 0 aliphatic carbocycles. The Labute approximate surface area is 55.2 Å². The zero-order valence-electron chi connectivity index (χ0n) is 3.13. The lowest BCUT2D eigenvalue weighted by Gasteiger charge is -1.91. The first-order valence-corrected chi connectivity index (χ1v) is 3.63. The third-order valence-corrected chi connectivity index (χ3v) is 1.63. The molecule has 0 radical (unpaired) electrons. The highest BCUT2D eigenvalue weighted by Gasteiger charge is 1.97. The van der Waals surface area contributed by atoms with Crippen LogP contribution in [-0.4, -0.2) is 16.5 Å². The molecule has 0 aliphatic heterocycles. The van der Waals surface area contributed by atoms with Crippen LogP contribution in [0.3, 0.4) is 0 Å². The largest absolute Gasteiger partial charge is 0.245 e. The van der Waals surface area contributed by atoms with Gasteiger partial charge in [-0.25, -0.2) is 4.39 Å². The van der Waals surface area contributed by atoms with Crippen LogP contribution < -0.4 is 0 Å². The molecular formula is C3H5ClFI. The van der Waals surface area contributed by atoms with E-state index in [9.17, 15) is 4.39 Å². The number of halogens is 3. The first kappa shape index (κ1) is 6.95. The fourth-order valence-corrected chi connectivity index (χ4v) is 0.830. The SMILES string of the molecule is FC(CCl)CI. The van der Waals surface area contributed by atoms with Gasteiger partial charge < -0.3 is 0 Å². The molecule has 0 aliphatic rings. The Balaban J connectivity index is 2.75. The van der Waals surface area contributed by atoms with Gasteiger partial charge in [-0.2, -0.15) is 0 Å². The van der Waals surface area contributed by atoms with Gasteiger partial charge in [-0.3, -0.25) is 0 Å². The summed E-state index contributed by atoms with van der Waals surface area (Å²) in [4.78, 5) is 0. The van der Waals surface area contributed by atoms with E-state index in [1.54, 1.807) is 0 Å². The summed E-state index contributed by atoms with van der Waals surface area (Å²) < 4.78 is 12.2. The molecule has 0 aromatic carbocycles. The van der Waals surface area contributed by atoms with E-state index in [0.29, 0.717) is 4.43 Å². The Morgan fingerprint density at radius 1 is 1.83 bits per heavy atom. The Morgan fingerprint density at radius 2 is 2.33 bits per heavy atom. The van der Waals surface area contributed by atoms with E-state index in [1.807, 2.05) is 22.6 Å². The smallest absolute Gasteiger partial charge is 0.122 e. The van der Waals surface area contributed by atoms with Crippen molar-refractivity contribution >= 4 is 34.2 Å². The summed E-state index contributed by atoms with van der Waals surface area (Å²) in [5, 5.41) is 0. The minimum atomic E-state index is -0.813. The molecule has 0 heterocycles. The summed E-state index contributed by atoms with van der Waals surface area (Å²) >= 11 is 7.03. The molecule has 0 saturated heterocycles. The van der Waals surface area contributed by atoms with Gasteiger partial charge in [-0.1, -0.05) is 22.6 Å². The number of hydrogen-bond acceptors (Lipinski definition) is 0. The van der Waals surface area contributed by atoms with Gasteiger partial charge in [-0.05, 0) is 0 Å². The highest BCUT2D eigenvalue weighted by atomic mass is 127. The van der Waals surface area contributed by atoms with Gasteiger partial charge in [-0.15, -0.1) is 11.6 Å². The third kappa shape index (κ3) is 3.15. The lowest BCUT2D eigenvalue weighted by atomic mass is 10.5. The first-order chi connectivity index (χ1) is 2.81. The Bertz CT molecular complexity index is 30.0. The molecular weight excluding hydrogens is 217 g/mol. The van der Waals surface area contributed by atoms with E-state index in [0.717, 1.165) is 0 Å². The van der Waals surface area contributed by atoms with Gasteiger partial charge in [0.05, 0.1) is 5.88 Å². The van der Waals surface area contributed by atoms with Crippen LogP contribution in [0.25, 0.3) is 0 Å².